The highest BCUT2D eigenvalue weighted by atomic mass is 32.1. The number of hydrogen-bond donors (Lipinski definition) is 3. The molecule has 4 atom stereocenters. The topological polar surface area (TPSA) is 80.7 Å². The first-order valence-electron chi connectivity index (χ1n) is 13.1. The summed E-state index contributed by atoms with van der Waals surface area (Å²) in [6, 6.07) is 2.02. The molecule has 5 rings (SSSR count). The number of β-amino-alcohol motifs (C(OH)–C–C–N with tert-alkyl or cyclic N) is 1. The number of hydrogen-bond acceptors (Lipinski definition) is 6. The van der Waals surface area contributed by atoms with E-state index in [1.54, 1.807) is 16.2 Å². The molecule has 38 heavy (non-hydrogen) atoms. The van der Waals surface area contributed by atoms with Crippen LogP contribution in [0.5, 0.6) is 0 Å². The van der Waals surface area contributed by atoms with Gasteiger partial charge in [0.15, 0.2) is 0 Å². The van der Waals surface area contributed by atoms with Gasteiger partial charge in [-0.2, -0.15) is 13.2 Å². The molecular weight excluding hydrogens is 522 g/mol. The standard InChI is InChI=1S/C26H33F4N5O2S/c1-31-14-23-32-13-22(38-23)25-7-5-21(19(25)12-25)35(9-2-8-34-10-6-17(36)15-34)24(37)33-16-3-4-20(27)18(11-16)26(28,29)30/h3-4,11,13,17,19,21,31,36H,2,5-10,12,14-15H2,1H3,(H,33,37)/t17?,19-,21?,25+/m1/s1. The molecule has 2 aliphatic carbocycles. The third-order valence-electron chi connectivity index (χ3n) is 8.16. The Morgan fingerprint density at radius 3 is 2.84 bits per heavy atom. The van der Waals surface area contributed by atoms with E-state index in [1.165, 1.54) is 4.88 Å². The van der Waals surface area contributed by atoms with Crippen LogP contribution in [0.1, 0.15) is 47.6 Å². The van der Waals surface area contributed by atoms with Gasteiger partial charge in [-0.1, -0.05) is 0 Å². The Balaban J connectivity index is 1.31. The second-order valence-electron chi connectivity index (χ2n) is 10.6. The number of benzene rings is 1. The fraction of sp³-hybridized carbons (Fsp3) is 0.615. The Bertz CT molecular complexity index is 1160. The highest BCUT2D eigenvalue weighted by Crippen LogP contribution is 2.66. The van der Waals surface area contributed by atoms with Crippen molar-refractivity contribution in [2.24, 2.45) is 5.92 Å². The molecule has 2 heterocycles. The maximum atomic E-state index is 13.8. The van der Waals surface area contributed by atoms with E-state index in [0.717, 1.165) is 55.9 Å². The van der Waals surface area contributed by atoms with Crippen LogP contribution in [0.2, 0.25) is 0 Å². The molecule has 0 spiro atoms. The smallest absolute Gasteiger partial charge is 0.392 e. The quantitative estimate of drug-likeness (QED) is 0.399. The molecule has 2 aromatic rings. The number of anilines is 1. The Hall–Kier alpha value is -2.28. The van der Waals surface area contributed by atoms with Gasteiger partial charge in [-0.25, -0.2) is 14.2 Å². The molecule has 1 saturated heterocycles. The molecule has 12 heteroatoms. The number of nitrogens with zero attached hydrogens (tertiary/aromatic N) is 3. The van der Waals surface area contributed by atoms with E-state index in [2.05, 4.69) is 20.5 Å². The molecule has 3 fully saturated rings. The predicted molar refractivity (Wildman–Crippen MR) is 136 cm³/mol. The zero-order chi connectivity index (χ0) is 27.1. The zero-order valence-corrected chi connectivity index (χ0v) is 22.0. The number of aromatic nitrogens is 1. The first kappa shape index (κ1) is 27.3. The second kappa shape index (κ2) is 10.7. The average Bonchev–Trinajstić information content (AvgIpc) is 3.18. The van der Waals surface area contributed by atoms with Crippen LogP contribution in [0.3, 0.4) is 0 Å². The van der Waals surface area contributed by atoms with Gasteiger partial charge in [0, 0.05) is 54.4 Å². The van der Waals surface area contributed by atoms with Gasteiger partial charge in [0.2, 0.25) is 0 Å². The van der Waals surface area contributed by atoms with Gasteiger partial charge in [-0.3, -0.25) is 0 Å². The molecular formula is C26H33F4N5O2S. The van der Waals surface area contributed by atoms with Crippen molar-refractivity contribution in [1.82, 2.24) is 20.1 Å². The maximum absolute atomic E-state index is 13.8. The molecule has 1 aromatic heterocycles. The van der Waals surface area contributed by atoms with Crippen molar-refractivity contribution in [2.75, 3.05) is 38.5 Å². The molecule has 2 unspecified atom stereocenters. The Morgan fingerprint density at radius 2 is 2.16 bits per heavy atom. The largest absolute Gasteiger partial charge is 0.419 e. The maximum Gasteiger partial charge on any atom is 0.419 e. The number of alkyl halides is 3. The normalized spacial score (nSPS) is 26.9. The highest BCUT2D eigenvalue weighted by Gasteiger charge is 2.64. The number of aliphatic hydroxyl groups excluding tert-OH is 1. The van der Waals surface area contributed by atoms with Crippen molar-refractivity contribution in [3.8, 4) is 0 Å². The number of urea groups is 1. The molecule has 0 bridgehead atoms. The first-order valence-corrected chi connectivity index (χ1v) is 13.9. The fourth-order valence-electron chi connectivity index (χ4n) is 6.20. The molecule has 1 aromatic carbocycles. The van der Waals surface area contributed by atoms with Gasteiger partial charge in [-0.15, -0.1) is 11.3 Å². The predicted octanol–water partition coefficient (Wildman–Crippen LogP) is 4.43. The number of carbonyl (C=O) groups excluding carboxylic acids is 1. The SMILES string of the molecule is CNCc1ncc([C@]23CCC(N(CCCN4CCC(O)C4)C(=O)Nc4ccc(F)c(C(F)(F)F)c4)[C@H]2C3)s1. The van der Waals surface area contributed by atoms with Crippen LogP contribution in [0.25, 0.3) is 0 Å². The number of fused-ring (bicyclic) bond motifs is 1. The molecule has 3 aliphatic rings. The average molecular weight is 556 g/mol. The summed E-state index contributed by atoms with van der Waals surface area (Å²) < 4.78 is 53.5. The van der Waals surface area contributed by atoms with Gasteiger partial charge in [-0.05, 0) is 69.8 Å². The molecule has 3 N–H and O–H groups in total. The highest BCUT2D eigenvalue weighted by molar-refractivity contribution is 7.11. The number of aliphatic hydroxyl groups is 1. The molecule has 7 nitrogen and oxygen atoms in total. The lowest BCUT2D eigenvalue weighted by Gasteiger charge is -2.31. The number of nitrogens with one attached hydrogen (secondary N) is 2. The van der Waals surface area contributed by atoms with E-state index in [0.29, 0.717) is 32.1 Å². The zero-order valence-electron chi connectivity index (χ0n) is 21.2. The summed E-state index contributed by atoms with van der Waals surface area (Å²) in [5, 5.41) is 16.6. The van der Waals surface area contributed by atoms with Gasteiger partial charge >= 0.3 is 12.2 Å². The summed E-state index contributed by atoms with van der Waals surface area (Å²) in [6.45, 7) is 3.28. The summed E-state index contributed by atoms with van der Waals surface area (Å²) in [6.07, 6.45) is 0.858. The van der Waals surface area contributed by atoms with Crippen LogP contribution in [0.15, 0.2) is 24.4 Å². The first-order chi connectivity index (χ1) is 18.1. The summed E-state index contributed by atoms with van der Waals surface area (Å²) >= 11 is 1.69. The van der Waals surface area contributed by atoms with Crippen LogP contribution in [-0.4, -0.2) is 71.3 Å². The third kappa shape index (κ3) is 5.54. The number of halogens is 4. The molecule has 208 valence electrons. The van der Waals surface area contributed by atoms with Crippen LogP contribution in [0.4, 0.5) is 28.0 Å². The minimum Gasteiger partial charge on any atom is -0.392 e. The van der Waals surface area contributed by atoms with E-state index in [1.807, 2.05) is 13.2 Å². The Morgan fingerprint density at radius 1 is 1.34 bits per heavy atom. The van der Waals surface area contributed by atoms with Gasteiger partial charge in [0.1, 0.15) is 10.8 Å². The van der Waals surface area contributed by atoms with Gasteiger partial charge in [0.25, 0.3) is 0 Å². The van der Waals surface area contributed by atoms with Crippen molar-refractivity contribution >= 4 is 23.1 Å². The molecule has 0 radical (unpaired) electrons. The molecule has 1 aliphatic heterocycles. The third-order valence-corrected chi connectivity index (χ3v) is 9.38. The van der Waals surface area contributed by atoms with Gasteiger partial charge in [0.05, 0.1) is 11.7 Å². The lowest BCUT2D eigenvalue weighted by molar-refractivity contribution is -0.139. The van der Waals surface area contributed by atoms with Crippen molar-refractivity contribution in [2.45, 2.75) is 62.4 Å². The Labute approximate surface area is 223 Å². The monoisotopic (exact) mass is 555 g/mol. The van der Waals surface area contributed by atoms with E-state index >= 15 is 0 Å². The minimum atomic E-state index is -4.86. The summed E-state index contributed by atoms with van der Waals surface area (Å²) in [5.41, 5.74) is -1.49. The van der Waals surface area contributed by atoms with E-state index < -0.39 is 23.6 Å². The lowest BCUT2D eigenvalue weighted by Crippen LogP contribution is -2.44. The summed E-state index contributed by atoms with van der Waals surface area (Å²) in [5.74, 6) is -1.11. The van der Waals surface area contributed by atoms with Crippen LogP contribution in [-0.2, 0) is 18.1 Å². The van der Waals surface area contributed by atoms with E-state index in [-0.39, 0.29) is 29.2 Å². The number of likely N-dealkylation sites (tertiary alicyclic amines) is 1. The lowest BCUT2D eigenvalue weighted by atomic mass is 10.0. The summed E-state index contributed by atoms with van der Waals surface area (Å²) in [7, 11) is 1.88. The van der Waals surface area contributed by atoms with Gasteiger partial charge < -0.3 is 25.5 Å². The number of thiazole rings is 1. The van der Waals surface area contributed by atoms with Crippen molar-refractivity contribution in [3.63, 3.8) is 0 Å². The van der Waals surface area contributed by atoms with Crippen molar-refractivity contribution < 1.29 is 27.5 Å². The van der Waals surface area contributed by atoms with Crippen molar-refractivity contribution in [1.29, 1.82) is 0 Å². The van der Waals surface area contributed by atoms with E-state index in [4.69, 9.17) is 0 Å². The summed E-state index contributed by atoms with van der Waals surface area (Å²) in [4.78, 5) is 23.2. The molecule has 2 amide bonds. The van der Waals surface area contributed by atoms with Crippen LogP contribution < -0.4 is 10.6 Å². The molecule has 2 saturated carbocycles. The fourth-order valence-corrected chi connectivity index (χ4v) is 7.42. The number of carbonyl (C=O) groups is 1. The van der Waals surface area contributed by atoms with Crippen LogP contribution in [0, 0.1) is 11.7 Å². The minimum absolute atomic E-state index is 0.00520. The van der Waals surface area contributed by atoms with Crippen molar-refractivity contribution in [3.05, 3.63) is 45.7 Å². The Kier molecular flexibility index (Phi) is 7.69. The van der Waals surface area contributed by atoms with Crippen LogP contribution >= 0.6 is 11.3 Å². The second-order valence-corrected chi connectivity index (χ2v) is 11.7. The van der Waals surface area contributed by atoms with E-state index in [9.17, 15) is 27.5 Å². The number of rotatable bonds is 9. The number of amides is 2.